The van der Waals surface area contributed by atoms with E-state index in [4.69, 9.17) is 4.74 Å². The summed E-state index contributed by atoms with van der Waals surface area (Å²) in [6, 6.07) is 5.51. The summed E-state index contributed by atoms with van der Waals surface area (Å²) in [4.78, 5) is 0. The summed E-state index contributed by atoms with van der Waals surface area (Å²) in [5.41, 5.74) is 0.639. The molecule has 1 N–H and O–H groups in total. The average molecular weight is 237 g/mol. The molecule has 1 aliphatic carbocycles. The fourth-order valence-corrected chi connectivity index (χ4v) is 2.45. The number of nitrogens with one attached hydrogen (secondary N) is 1. The van der Waals surface area contributed by atoms with Gasteiger partial charge in [0.15, 0.2) is 0 Å². The second-order valence-electron chi connectivity index (χ2n) is 4.64. The minimum atomic E-state index is -0.187. The van der Waals surface area contributed by atoms with Crippen molar-refractivity contribution in [2.45, 2.75) is 44.7 Å². The van der Waals surface area contributed by atoms with Crippen molar-refractivity contribution in [1.29, 1.82) is 0 Å². The van der Waals surface area contributed by atoms with Crippen molar-refractivity contribution in [2.75, 3.05) is 7.11 Å². The van der Waals surface area contributed by atoms with Crippen LogP contribution in [0.3, 0.4) is 0 Å². The Bertz CT molecular complexity index is 361. The molecule has 1 fully saturated rings. The molecule has 1 aliphatic rings. The monoisotopic (exact) mass is 237 g/mol. The first kappa shape index (κ1) is 12.4. The zero-order valence-corrected chi connectivity index (χ0v) is 10.3. The normalized spacial score (nSPS) is 17.1. The van der Waals surface area contributed by atoms with Gasteiger partial charge >= 0.3 is 0 Å². The number of hydrogen-bond acceptors (Lipinski definition) is 2. The number of rotatable bonds is 4. The van der Waals surface area contributed by atoms with Gasteiger partial charge in [-0.1, -0.05) is 25.3 Å². The first-order chi connectivity index (χ1) is 8.31. The number of methoxy groups -OCH3 is 1. The number of benzene rings is 1. The van der Waals surface area contributed by atoms with Gasteiger partial charge in [-0.05, 0) is 25.0 Å². The van der Waals surface area contributed by atoms with Crippen molar-refractivity contribution in [3.63, 3.8) is 0 Å². The third kappa shape index (κ3) is 3.19. The molecule has 17 heavy (non-hydrogen) atoms. The van der Waals surface area contributed by atoms with E-state index < -0.39 is 0 Å². The molecule has 2 nitrogen and oxygen atoms in total. The summed E-state index contributed by atoms with van der Waals surface area (Å²) in [6.45, 7) is 0.556. The quantitative estimate of drug-likeness (QED) is 0.868. The highest BCUT2D eigenvalue weighted by Crippen LogP contribution is 2.22. The van der Waals surface area contributed by atoms with Crippen LogP contribution < -0.4 is 10.1 Å². The first-order valence-corrected chi connectivity index (χ1v) is 6.36. The van der Waals surface area contributed by atoms with E-state index in [2.05, 4.69) is 5.32 Å². The Morgan fingerprint density at radius 3 is 2.76 bits per heavy atom. The molecule has 0 saturated heterocycles. The molecular weight excluding hydrogens is 217 g/mol. The summed E-state index contributed by atoms with van der Waals surface area (Å²) < 4.78 is 18.9. The largest absolute Gasteiger partial charge is 0.496 e. The molecule has 0 atom stereocenters. The number of halogens is 1. The molecule has 0 spiro atoms. The second kappa shape index (κ2) is 6.01. The van der Waals surface area contributed by atoms with Gasteiger partial charge in [0.05, 0.1) is 7.11 Å². The Balaban J connectivity index is 1.97. The molecule has 0 amide bonds. The number of hydrogen-bond donors (Lipinski definition) is 1. The highest BCUT2D eigenvalue weighted by atomic mass is 19.1. The van der Waals surface area contributed by atoms with Crippen LogP contribution in [0, 0.1) is 5.82 Å². The van der Waals surface area contributed by atoms with Crippen molar-refractivity contribution in [1.82, 2.24) is 5.32 Å². The number of ether oxygens (including phenoxy) is 1. The Hall–Kier alpha value is -1.09. The van der Waals surface area contributed by atoms with Crippen LogP contribution in [-0.4, -0.2) is 13.2 Å². The summed E-state index contributed by atoms with van der Waals surface area (Å²) >= 11 is 0. The van der Waals surface area contributed by atoms with Crippen molar-refractivity contribution >= 4 is 0 Å². The molecule has 0 unspecified atom stereocenters. The summed E-state index contributed by atoms with van der Waals surface area (Å²) in [5, 5.41) is 3.43. The SMILES string of the molecule is COc1cccc(F)c1CNC1CCCCC1. The topological polar surface area (TPSA) is 21.3 Å². The minimum absolute atomic E-state index is 0.187. The lowest BCUT2D eigenvalue weighted by molar-refractivity contribution is 0.361. The fraction of sp³-hybridized carbons (Fsp3) is 0.571. The van der Waals surface area contributed by atoms with E-state index in [-0.39, 0.29) is 5.82 Å². The zero-order valence-electron chi connectivity index (χ0n) is 10.3. The Labute approximate surface area is 102 Å². The van der Waals surface area contributed by atoms with Crippen LogP contribution >= 0.6 is 0 Å². The standard InChI is InChI=1S/C14H20FNO/c1-17-14-9-5-8-13(15)12(14)10-16-11-6-3-2-4-7-11/h5,8-9,11,16H,2-4,6-7,10H2,1H3. The van der Waals surface area contributed by atoms with E-state index in [0.29, 0.717) is 23.9 Å². The van der Waals surface area contributed by atoms with Crippen molar-refractivity contribution < 1.29 is 9.13 Å². The zero-order chi connectivity index (χ0) is 12.1. The molecule has 0 heterocycles. The molecule has 1 aromatic rings. The maximum absolute atomic E-state index is 13.7. The van der Waals surface area contributed by atoms with Crippen LogP contribution in [0.5, 0.6) is 5.75 Å². The van der Waals surface area contributed by atoms with Gasteiger partial charge in [0, 0.05) is 18.2 Å². The molecule has 1 aromatic carbocycles. The minimum Gasteiger partial charge on any atom is -0.496 e. The molecule has 94 valence electrons. The molecule has 2 rings (SSSR count). The van der Waals surface area contributed by atoms with Gasteiger partial charge in [-0.15, -0.1) is 0 Å². The van der Waals surface area contributed by atoms with Gasteiger partial charge in [0.2, 0.25) is 0 Å². The predicted molar refractivity (Wildman–Crippen MR) is 66.7 cm³/mol. The second-order valence-corrected chi connectivity index (χ2v) is 4.64. The Kier molecular flexibility index (Phi) is 4.37. The molecule has 0 bridgehead atoms. The van der Waals surface area contributed by atoms with Crippen LogP contribution in [0.25, 0.3) is 0 Å². The van der Waals surface area contributed by atoms with Gasteiger partial charge in [-0.25, -0.2) is 4.39 Å². The predicted octanol–water partition coefficient (Wildman–Crippen LogP) is 3.26. The molecule has 0 radical (unpaired) electrons. The molecule has 3 heteroatoms. The lowest BCUT2D eigenvalue weighted by Crippen LogP contribution is -2.30. The third-order valence-corrected chi connectivity index (χ3v) is 3.47. The molecule has 0 aromatic heterocycles. The molecule has 0 aliphatic heterocycles. The van der Waals surface area contributed by atoms with E-state index in [1.54, 1.807) is 19.2 Å². The van der Waals surface area contributed by atoms with E-state index >= 15 is 0 Å². The van der Waals surface area contributed by atoms with Gasteiger partial charge in [0.25, 0.3) is 0 Å². The van der Waals surface area contributed by atoms with Crippen molar-refractivity contribution in [3.8, 4) is 5.75 Å². The Morgan fingerprint density at radius 1 is 1.29 bits per heavy atom. The third-order valence-electron chi connectivity index (χ3n) is 3.47. The van der Waals surface area contributed by atoms with E-state index in [1.807, 2.05) is 0 Å². The fourth-order valence-electron chi connectivity index (χ4n) is 2.45. The van der Waals surface area contributed by atoms with Gasteiger partial charge in [-0.3, -0.25) is 0 Å². The summed E-state index contributed by atoms with van der Waals surface area (Å²) in [7, 11) is 1.58. The molecule has 1 saturated carbocycles. The maximum atomic E-state index is 13.7. The summed E-state index contributed by atoms with van der Waals surface area (Å²) in [6.07, 6.45) is 6.31. The lowest BCUT2D eigenvalue weighted by Gasteiger charge is -2.23. The van der Waals surface area contributed by atoms with Crippen LogP contribution in [0.4, 0.5) is 4.39 Å². The van der Waals surface area contributed by atoms with Gasteiger partial charge < -0.3 is 10.1 Å². The van der Waals surface area contributed by atoms with E-state index in [9.17, 15) is 4.39 Å². The van der Waals surface area contributed by atoms with E-state index in [0.717, 1.165) is 0 Å². The summed E-state index contributed by atoms with van der Waals surface area (Å²) in [5.74, 6) is 0.445. The molecular formula is C14H20FNO. The van der Waals surface area contributed by atoms with Crippen molar-refractivity contribution in [3.05, 3.63) is 29.6 Å². The van der Waals surface area contributed by atoms with Crippen LogP contribution in [0.1, 0.15) is 37.7 Å². The van der Waals surface area contributed by atoms with Crippen LogP contribution in [0.15, 0.2) is 18.2 Å². The lowest BCUT2D eigenvalue weighted by atomic mass is 9.95. The smallest absolute Gasteiger partial charge is 0.131 e. The van der Waals surface area contributed by atoms with Gasteiger partial charge in [-0.2, -0.15) is 0 Å². The highest BCUT2D eigenvalue weighted by Gasteiger charge is 2.15. The van der Waals surface area contributed by atoms with Crippen LogP contribution in [0.2, 0.25) is 0 Å². The van der Waals surface area contributed by atoms with Crippen LogP contribution in [-0.2, 0) is 6.54 Å². The maximum Gasteiger partial charge on any atom is 0.131 e. The highest BCUT2D eigenvalue weighted by molar-refractivity contribution is 5.34. The van der Waals surface area contributed by atoms with E-state index in [1.165, 1.54) is 38.2 Å². The Morgan fingerprint density at radius 2 is 2.06 bits per heavy atom. The average Bonchev–Trinajstić information content (AvgIpc) is 2.38. The van der Waals surface area contributed by atoms with Gasteiger partial charge in [0.1, 0.15) is 11.6 Å². The first-order valence-electron chi connectivity index (χ1n) is 6.36. The van der Waals surface area contributed by atoms with Crippen molar-refractivity contribution in [2.24, 2.45) is 0 Å².